The monoisotopic (exact) mass is 547 g/mol. The molecule has 0 unspecified atom stereocenters. The van der Waals surface area contributed by atoms with E-state index < -0.39 is 0 Å². The van der Waals surface area contributed by atoms with Gasteiger partial charge in [0.1, 0.15) is 5.76 Å². The summed E-state index contributed by atoms with van der Waals surface area (Å²) in [6.07, 6.45) is 5.66. The summed E-state index contributed by atoms with van der Waals surface area (Å²) >= 11 is 0. The molecule has 2 aliphatic rings. The summed E-state index contributed by atoms with van der Waals surface area (Å²) in [5, 5.41) is 3.73. The minimum atomic E-state index is -0.187. The van der Waals surface area contributed by atoms with Crippen LogP contribution in [0.4, 0.5) is 0 Å². The van der Waals surface area contributed by atoms with Crippen molar-refractivity contribution in [2.75, 3.05) is 6.54 Å². The predicted molar refractivity (Wildman–Crippen MR) is 167 cm³/mol. The molecule has 0 aliphatic heterocycles. The van der Waals surface area contributed by atoms with Crippen LogP contribution in [0.15, 0.2) is 75.9 Å². The molecule has 0 spiro atoms. The van der Waals surface area contributed by atoms with Crippen LogP contribution in [0.25, 0.3) is 22.3 Å². The Kier molecular flexibility index (Phi) is 6.92. The molecule has 6 rings (SSSR count). The van der Waals surface area contributed by atoms with Crippen LogP contribution < -0.4 is 10.7 Å². The zero-order valence-corrected chi connectivity index (χ0v) is 25.0. The maximum absolute atomic E-state index is 13.8. The molecule has 1 aromatic heterocycles. The molecular formula is C37H41NO3. The summed E-state index contributed by atoms with van der Waals surface area (Å²) in [5.41, 5.74) is 6.57. The first kappa shape index (κ1) is 27.5. The standard InChI is InChI=1S/C37H41NO3/c1-23(2)26-15-17-30-27(21-26)16-18-31-36(4,19-10-20-37(30,31)5)22-38-35(40)29-14-9-13-28-32(39)24(3)33(41-34(28)29)25-11-7-6-8-12-25/h6-9,11-15,17,21,23,31H,10,16,18-20,22H2,1-5H3,(H,38,40)/t31-,36-,37+/m0/s1. The van der Waals surface area contributed by atoms with E-state index in [-0.39, 0.29) is 22.2 Å². The van der Waals surface area contributed by atoms with E-state index in [1.807, 2.05) is 30.3 Å². The summed E-state index contributed by atoms with van der Waals surface area (Å²) < 4.78 is 6.34. The van der Waals surface area contributed by atoms with Crippen LogP contribution in [0.5, 0.6) is 0 Å². The SMILES string of the molecule is Cc1c(-c2ccccc2)oc2c(C(=O)NC[C@]3(C)CCC[C@]4(C)c5ccc(C(C)C)cc5CC[C@@H]34)cccc2c1=O. The fourth-order valence-corrected chi connectivity index (χ4v) is 7.95. The Morgan fingerprint density at radius 3 is 2.56 bits per heavy atom. The van der Waals surface area contributed by atoms with Crippen molar-refractivity contribution in [2.24, 2.45) is 11.3 Å². The first-order valence-electron chi connectivity index (χ1n) is 15.2. The van der Waals surface area contributed by atoms with Gasteiger partial charge < -0.3 is 9.73 Å². The molecule has 212 valence electrons. The van der Waals surface area contributed by atoms with E-state index in [2.05, 4.69) is 51.2 Å². The molecule has 4 aromatic rings. The predicted octanol–water partition coefficient (Wildman–Crippen LogP) is 8.33. The highest BCUT2D eigenvalue weighted by atomic mass is 16.3. The summed E-state index contributed by atoms with van der Waals surface area (Å²) in [7, 11) is 0. The van der Waals surface area contributed by atoms with Crippen LogP contribution in [-0.4, -0.2) is 12.5 Å². The van der Waals surface area contributed by atoms with Gasteiger partial charge in [0, 0.05) is 17.7 Å². The van der Waals surface area contributed by atoms with Gasteiger partial charge in [-0.2, -0.15) is 0 Å². The molecule has 3 aromatic carbocycles. The Bertz CT molecular complexity index is 1680. The van der Waals surface area contributed by atoms with Crippen LogP contribution in [0, 0.1) is 18.3 Å². The fraction of sp³-hybridized carbons (Fsp3) is 0.405. The Balaban J connectivity index is 1.30. The Morgan fingerprint density at radius 2 is 1.80 bits per heavy atom. The van der Waals surface area contributed by atoms with Crippen molar-refractivity contribution >= 4 is 16.9 Å². The molecule has 0 bridgehead atoms. The number of rotatable bonds is 5. The van der Waals surface area contributed by atoms with E-state index in [0.717, 1.165) is 31.2 Å². The van der Waals surface area contributed by atoms with E-state index in [1.165, 1.54) is 23.1 Å². The van der Waals surface area contributed by atoms with Crippen LogP contribution in [-0.2, 0) is 11.8 Å². The number of para-hydroxylation sites is 1. The number of benzene rings is 3. The normalized spacial score (nSPS) is 23.7. The molecule has 1 fully saturated rings. The zero-order valence-electron chi connectivity index (χ0n) is 25.0. The molecule has 3 atom stereocenters. The highest BCUT2D eigenvalue weighted by molar-refractivity contribution is 6.05. The van der Waals surface area contributed by atoms with Crippen LogP contribution in [0.1, 0.15) is 91.9 Å². The van der Waals surface area contributed by atoms with Gasteiger partial charge in [0.05, 0.1) is 10.9 Å². The number of carbonyl (C=O) groups is 1. The number of hydrogen-bond acceptors (Lipinski definition) is 3. The molecule has 1 heterocycles. The van der Waals surface area contributed by atoms with E-state index in [1.54, 1.807) is 25.1 Å². The topological polar surface area (TPSA) is 59.3 Å². The molecule has 1 amide bonds. The molecule has 0 radical (unpaired) electrons. The molecule has 1 saturated carbocycles. The summed E-state index contributed by atoms with van der Waals surface area (Å²) in [6.45, 7) is 11.7. The lowest BCUT2D eigenvalue weighted by Crippen LogP contribution is -2.53. The third-order valence-corrected chi connectivity index (χ3v) is 10.2. The second kappa shape index (κ2) is 10.3. The molecule has 0 saturated heterocycles. The van der Waals surface area contributed by atoms with Gasteiger partial charge in [0.2, 0.25) is 0 Å². The van der Waals surface area contributed by atoms with Gasteiger partial charge in [0.15, 0.2) is 11.0 Å². The van der Waals surface area contributed by atoms with E-state index in [9.17, 15) is 9.59 Å². The largest absolute Gasteiger partial charge is 0.455 e. The maximum atomic E-state index is 13.8. The lowest BCUT2D eigenvalue weighted by atomic mass is 9.49. The van der Waals surface area contributed by atoms with Gasteiger partial charge in [-0.25, -0.2) is 0 Å². The van der Waals surface area contributed by atoms with Crippen molar-refractivity contribution in [1.82, 2.24) is 5.32 Å². The van der Waals surface area contributed by atoms with Crippen molar-refractivity contribution in [3.63, 3.8) is 0 Å². The minimum Gasteiger partial charge on any atom is -0.455 e. The first-order valence-corrected chi connectivity index (χ1v) is 15.2. The van der Waals surface area contributed by atoms with Gasteiger partial charge in [-0.3, -0.25) is 9.59 Å². The van der Waals surface area contributed by atoms with Gasteiger partial charge >= 0.3 is 0 Å². The third-order valence-electron chi connectivity index (χ3n) is 10.2. The number of carbonyl (C=O) groups excluding carboxylic acids is 1. The minimum absolute atomic E-state index is 0.0196. The second-order valence-electron chi connectivity index (χ2n) is 13.2. The van der Waals surface area contributed by atoms with Crippen molar-refractivity contribution < 1.29 is 9.21 Å². The Labute approximate surface area is 243 Å². The van der Waals surface area contributed by atoms with Crippen molar-refractivity contribution in [2.45, 2.75) is 78.1 Å². The maximum Gasteiger partial charge on any atom is 0.255 e. The van der Waals surface area contributed by atoms with Gasteiger partial charge in [-0.05, 0) is 84.1 Å². The number of aryl methyl sites for hydroxylation is 1. The summed E-state index contributed by atoms with van der Waals surface area (Å²) in [4.78, 5) is 27.1. The summed E-state index contributed by atoms with van der Waals surface area (Å²) in [5.74, 6) is 1.34. The van der Waals surface area contributed by atoms with E-state index in [0.29, 0.717) is 46.2 Å². The van der Waals surface area contributed by atoms with E-state index in [4.69, 9.17) is 4.42 Å². The highest BCUT2D eigenvalue weighted by Crippen LogP contribution is 2.57. The lowest BCUT2D eigenvalue weighted by Gasteiger charge is -2.55. The average molecular weight is 548 g/mol. The number of fused-ring (bicyclic) bond motifs is 4. The smallest absolute Gasteiger partial charge is 0.255 e. The number of amides is 1. The number of nitrogens with one attached hydrogen (secondary N) is 1. The van der Waals surface area contributed by atoms with Crippen LogP contribution in [0.3, 0.4) is 0 Å². The summed E-state index contributed by atoms with van der Waals surface area (Å²) in [6, 6.07) is 22.1. The highest BCUT2D eigenvalue weighted by Gasteiger charge is 2.51. The quantitative estimate of drug-likeness (QED) is 0.273. The molecule has 4 nitrogen and oxygen atoms in total. The second-order valence-corrected chi connectivity index (χ2v) is 13.2. The Hall–Kier alpha value is -3.66. The van der Waals surface area contributed by atoms with E-state index >= 15 is 0 Å². The fourth-order valence-electron chi connectivity index (χ4n) is 7.95. The third kappa shape index (κ3) is 4.62. The number of hydrogen-bond donors (Lipinski definition) is 1. The van der Waals surface area contributed by atoms with Crippen molar-refractivity contribution in [3.8, 4) is 11.3 Å². The molecule has 1 N–H and O–H groups in total. The van der Waals surface area contributed by atoms with Crippen LogP contribution >= 0.6 is 0 Å². The average Bonchev–Trinajstić information content (AvgIpc) is 2.97. The zero-order chi connectivity index (χ0) is 28.9. The molecular weight excluding hydrogens is 506 g/mol. The molecule has 4 heteroatoms. The molecule has 2 aliphatic carbocycles. The lowest BCUT2D eigenvalue weighted by molar-refractivity contribution is 0.0254. The van der Waals surface area contributed by atoms with Gasteiger partial charge in [-0.15, -0.1) is 0 Å². The Morgan fingerprint density at radius 1 is 1.02 bits per heavy atom. The molecule has 41 heavy (non-hydrogen) atoms. The van der Waals surface area contributed by atoms with Gasteiger partial charge in [0.25, 0.3) is 5.91 Å². The van der Waals surface area contributed by atoms with Gasteiger partial charge in [-0.1, -0.05) is 88.7 Å². The van der Waals surface area contributed by atoms with Crippen molar-refractivity contribution in [1.29, 1.82) is 0 Å². The first-order chi connectivity index (χ1) is 19.6. The van der Waals surface area contributed by atoms with Crippen LogP contribution in [0.2, 0.25) is 0 Å². The van der Waals surface area contributed by atoms with Crippen molar-refractivity contribution in [3.05, 3.63) is 105 Å².